The second kappa shape index (κ2) is 10.8. The first kappa shape index (κ1) is 24.0. The first-order valence-corrected chi connectivity index (χ1v) is 10.9. The fourth-order valence-electron chi connectivity index (χ4n) is 3.62. The van der Waals surface area contributed by atoms with Crippen molar-refractivity contribution in [2.75, 3.05) is 12.4 Å². The molecule has 4 aromatic carbocycles. The van der Waals surface area contributed by atoms with Crippen LogP contribution in [0.4, 0.5) is 11.4 Å². The largest absolute Gasteiger partial charge is 0.493 e. The highest BCUT2D eigenvalue weighted by molar-refractivity contribution is 6.10. The smallest absolute Gasteiger partial charge is 0.280 e. The number of anilines is 1. The van der Waals surface area contributed by atoms with Crippen LogP contribution < -0.4 is 14.8 Å². The number of nitrogens with one attached hydrogen (secondary N) is 1. The van der Waals surface area contributed by atoms with Crippen molar-refractivity contribution in [3.05, 3.63) is 112 Å². The Bertz CT molecular complexity index is 1510. The number of methoxy groups -OCH3 is 1. The number of carbonyl (C=O) groups excluding carboxylic acids is 1. The van der Waals surface area contributed by atoms with Gasteiger partial charge in [-0.2, -0.15) is 5.26 Å². The van der Waals surface area contributed by atoms with E-state index in [1.165, 1.54) is 19.2 Å². The van der Waals surface area contributed by atoms with Gasteiger partial charge in [0.05, 0.1) is 23.7 Å². The fraction of sp³-hybridized carbons (Fsp3) is 0.0714. The van der Waals surface area contributed by atoms with Crippen LogP contribution in [0.25, 0.3) is 16.8 Å². The molecule has 0 fully saturated rings. The van der Waals surface area contributed by atoms with E-state index >= 15 is 0 Å². The van der Waals surface area contributed by atoms with Crippen LogP contribution in [0.15, 0.2) is 90.5 Å². The van der Waals surface area contributed by atoms with E-state index in [1.54, 1.807) is 12.1 Å². The molecule has 0 spiro atoms. The summed E-state index contributed by atoms with van der Waals surface area (Å²) in [5.41, 5.74) is 0.783. The average Bonchev–Trinajstić information content (AvgIpc) is 2.90. The van der Waals surface area contributed by atoms with Gasteiger partial charge in [0, 0.05) is 5.69 Å². The normalized spacial score (nSPS) is 10.9. The van der Waals surface area contributed by atoms with Gasteiger partial charge in [-0.15, -0.1) is 0 Å². The molecule has 0 heterocycles. The number of benzene rings is 4. The Morgan fingerprint density at radius 2 is 1.72 bits per heavy atom. The molecule has 0 aromatic heterocycles. The summed E-state index contributed by atoms with van der Waals surface area (Å²) in [6.45, 7) is 0.182. The number of nitriles is 1. The minimum absolute atomic E-state index is 0.0362. The molecule has 36 heavy (non-hydrogen) atoms. The molecule has 0 aliphatic heterocycles. The van der Waals surface area contributed by atoms with Crippen LogP contribution in [0.3, 0.4) is 0 Å². The van der Waals surface area contributed by atoms with Crippen molar-refractivity contribution in [2.24, 2.45) is 0 Å². The molecule has 0 bridgehead atoms. The van der Waals surface area contributed by atoms with Crippen LogP contribution in [0.5, 0.6) is 11.5 Å². The molecular weight excluding hydrogens is 458 g/mol. The number of amides is 1. The molecule has 0 atom stereocenters. The van der Waals surface area contributed by atoms with Crippen LogP contribution in [0, 0.1) is 21.4 Å². The van der Waals surface area contributed by atoms with Gasteiger partial charge in [0.2, 0.25) is 0 Å². The monoisotopic (exact) mass is 479 g/mol. The third-order valence-electron chi connectivity index (χ3n) is 5.42. The minimum Gasteiger partial charge on any atom is -0.493 e. The SMILES string of the molecule is COc1cc(/C=C(\C#N)C(=O)Nc2ccc3ccccc3c2)c([N+](=O)[O-])cc1OCc1ccccc1. The maximum atomic E-state index is 12.8. The Balaban J connectivity index is 1.62. The molecule has 4 aromatic rings. The van der Waals surface area contributed by atoms with Gasteiger partial charge in [-0.1, -0.05) is 60.7 Å². The Hall–Kier alpha value is -5.16. The highest BCUT2D eigenvalue weighted by Gasteiger charge is 2.21. The van der Waals surface area contributed by atoms with Gasteiger partial charge < -0.3 is 14.8 Å². The lowest BCUT2D eigenvalue weighted by Gasteiger charge is -2.12. The summed E-state index contributed by atoms with van der Waals surface area (Å²) < 4.78 is 11.1. The van der Waals surface area contributed by atoms with Crippen molar-refractivity contribution in [1.82, 2.24) is 0 Å². The number of fused-ring (bicyclic) bond motifs is 1. The van der Waals surface area contributed by atoms with Gasteiger partial charge in [0.15, 0.2) is 11.5 Å². The lowest BCUT2D eigenvalue weighted by molar-refractivity contribution is -0.385. The van der Waals surface area contributed by atoms with Gasteiger partial charge >= 0.3 is 0 Å². The van der Waals surface area contributed by atoms with E-state index in [0.717, 1.165) is 22.4 Å². The molecule has 1 amide bonds. The summed E-state index contributed by atoms with van der Waals surface area (Å²) in [6, 6.07) is 26.8. The first-order valence-electron chi connectivity index (χ1n) is 10.9. The summed E-state index contributed by atoms with van der Waals surface area (Å²) in [6.07, 6.45) is 1.16. The van der Waals surface area contributed by atoms with Gasteiger partial charge in [-0.3, -0.25) is 14.9 Å². The summed E-state index contributed by atoms with van der Waals surface area (Å²) in [5.74, 6) is -0.287. The standard InChI is InChI=1S/C28H21N3O5/c1-35-26-15-22(25(31(33)34)16-27(26)36-18-19-7-3-2-4-8-19)13-23(17-29)28(32)30-24-12-11-20-9-5-6-10-21(20)14-24/h2-16H,18H2,1H3,(H,30,32)/b23-13+. The third-order valence-corrected chi connectivity index (χ3v) is 5.42. The molecule has 0 aliphatic rings. The van der Waals surface area contributed by atoms with E-state index in [2.05, 4.69) is 5.32 Å². The van der Waals surface area contributed by atoms with E-state index < -0.39 is 10.8 Å². The maximum absolute atomic E-state index is 12.8. The van der Waals surface area contributed by atoms with Crippen LogP contribution in [0.1, 0.15) is 11.1 Å². The topological polar surface area (TPSA) is 114 Å². The average molecular weight is 479 g/mol. The number of rotatable bonds is 8. The van der Waals surface area contributed by atoms with Crippen molar-refractivity contribution in [2.45, 2.75) is 6.61 Å². The summed E-state index contributed by atoms with van der Waals surface area (Å²) >= 11 is 0. The Labute approximate surface area is 207 Å². The molecular formula is C28H21N3O5. The van der Waals surface area contributed by atoms with E-state index in [1.807, 2.05) is 66.7 Å². The number of nitro benzene ring substituents is 1. The van der Waals surface area contributed by atoms with Crippen LogP contribution in [0.2, 0.25) is 0 Å². The third kappa shape index (κ3) is 5.48. The molecule has 8 nitrogen and oxygen atoms in total. The highest BCUT2D eigenvalue weighted by Crippen LogP contribution is 2.36. The lowest BCUT2D eigenvalue weighted by atomic mass is 10.1. The molecule has 0 saturated carbocycles. The predicted molar refractivity (Wildman–Crippen MR) is 137 cm³/mol. The van der Waals surface area contributed by atoms with E-state index in [4.69, 9.17) is 9.47 Å². The molecule has 0 aliphatic carbocycles. The molecule has 4 rings (SSSR count). The number of ether oxygens (including phenoxy) is 2. The van der Waals surface area contributed by atoms with Crippen molar-refractivity contribution in [3.8, 4) is 17.6 Å². The highest BCUT2D eigenvalue weighted by atomic mass is 16.6. The zero-order valence-corrected chi connectivity index (χ0v) is 19.3. The van der Waals surface area contributed by atoms with Gasteiger partial charge in [-0.25, -0.2) is 0 Å². The molecule has 8 heteroatoms. The molecule has 0 unspecified atom stereocenters. The second-order valence-electron chi connectivity index (χ2n) is 7.78. The zero-order valence-electron chi connectivity index (χ0n) is 19.3. The Kier molecular flexibility index (Phi) is 7.22. The number of nitrogens with zero attached hydrogens (tertiary/aromatic N) is 2. The molecule has 0 radical (unpaired) electrons. The summed E-state index contributed by atoms with van der Waals surface area (Å²) in [5, 5.41) is 26.0. The van der Waals surface area contributed by atoms with Crippen LogP contribution in [-0.2, 0) is 11.4 Å². The molecule has 1 N–H and O–H groups in total. The van der Waals surface area contributed by atoms with Crippen molar-refractivity contribution < 1.29 is 19.2 Å². The Morgan fingerprint density at radius 3 is 2.42 bits per heavy atom. The van der Waals surface area contributed by atoms with Crippen LogP contribution in [-0.4, -0.2) is 17.9 Å². The van der Waals surface area contributed by atoms with Gasteiger partial charge in [0.1, 0.15) is 18.2 Å². The lowest BCUT2D eigenvalue weighted by Crippen LogP contribution is -2.13. The minimum atomic E-state index is -0.689. The summed E-state index contributed by atoms with van der Waals surface area (Å²) in [4.78, 5) is 24.0. The quantitative estimate of drug-likeness (QED) is 0.146. The maximum Gasteiger partial charge on any atom is 0.280 e. The van der Waals surface area contributed by atoms with Crippen molar-refractivity contribution >= 4 is 34.1 Å². The molecule has 178 valence electrons. The van der Waals surface area contributed by atoms with Crippen LogP contribution >= 0.6 is 0 Å². The van der Waals surface area contributed by atoms with Gasteiger partial charge in [0.25, 0.3) is 11.6 Å². The van der Waals surface area contributed by atoms with E-state index in [0.29, 0.717) is 5.69 Å². The van der Waals surface area contributed by atoms with Gasteiger partial charge in [-0.05, 0) is 40.6 Å². The Morgan fingerprint density at radius 1 is 1.00 bits per heavy atom. The predicted octanol–water partition coefficient (Wildman–Crippen LogP) is 5.88. The number of carbonyl (C=O) groups is 1. The van der Waals surface area contributed by atoms with E-state index in [9.17, 15) is 20.2 Å². The number of nitro groups is 1. The number of hydrogen-bond donors (Lipinski definition) is 1. The zero-order chi connectivity index (χ0) is 25.5. The van der Waals surface area contributed by atoms with E-state index in [-0.39, 0.29) is 34.9 Å². The number of hydrogen-bond acceptors (Lipinski definition) is 6. The summed E-state index contributed by atoms with van der Waals surface area (Å²) in [7, 11) is 1.40. The second-order valence-corrected chi connectivity index (χ2v) is 7.78. The fourth-order valence-corrected chi connectivity index (χ4v) is 3.62. The van der Waals surface area contributed by atoms with Crippen molar-refractivity contribution in [3.63, 3.8) is 0 Å². The molecule has 0 saturated heterocycles. The van der Waals surface area contributed by atoms with Crippen molar-refractivity contribution in [1.29, 1.82) is 5.26 Å². The first-order chi connectivity index (χ1) is 17.5.